The molecule has 48 valence electrons. The van der Waals surface area contributed by atoms with Crippen LogP contribution in [0.15, 0.2) is 23.4 Å². The van der Waals surface area contributed by atoms with Gasteiger partial charge in [0.25, 0.3) is 0 Å². The van der Waals surface area contributed by atoms with Crippen LogP contribution in [0.3, 0.4) is 0 Å². The number of hydrogen-bond acceptors (Lipinski definition) is 2. The number of halogens is 1. The SMILES string of the molecule is [O-][n+]1ccc(Cl)c(S)c1. The molecule has 0 unspecified atom stereocenters. The molecule has 0 N–H and O–H groups in total. The first-order chi connectivity index (χ1) is 4.20. The zero-order valence-corrected chi connectivity index (χ0v) is 6.06. The lowest BCUT2D eigenvalue weighted by molar-refractivity contribution is -0.607. The summed E-state index contributed by atoms with van der Waals surface area (Å²) in [6.45, 7) is 0. The van der Waals surface area contributed by atoms with Crippen LogP contribution in [0.4, 0.5) is 0 Å². The van der Waals surface area contributed by atoms with Gasteiger partial charge in [-0.3, -0.25) is 0 Å². The Kier molecular flexibility index (Phi) is 1.83. The summed E-state index contributed by atoms with van der Waals surface area (Å²) in [6.07, 6.45) is 2.62. The Morgan fingerprint density at radius 1 is 1.67 bits per heavy atom. The standard InChI is InChI=1S/C5H4ClNOS/c6-4-1-2-7(8)3-5(4)9/h1-3,9H. The summed E-state index contributed by atoms with van der Waals surface area (Å²) < 4.78 is 0.647. The second-order valence-electron chi connectivity index (χ2n) is 1.54. The van der Waals surface area contributed by atoms with Gasteiger partial charge in [-0.2, -0.15) is 4.73 Å². The summed E-state index contributed by atoms with van der Waals surface area (Å²) in [7, 11) is 0. The first-order valence-electron chi connectivity index (χ1n) is 2.27. The van der Waals surface area contributed by atoms with E-state index in [1.165, 1.54) is 18.5 Å². The molecule has 9 heavy (non-hydrogen) atoms. The summed E-state index contributed by atoms with van der Waals surface area (Å²) in [6, 6.07) is 1.50. The van der Waals surface area contributed by atoms with Crippen molar-refractivity contribution < 1.29 is 4.73 Å². The van der Waals surface area contributed by atoms with Crippen molar-refractivity contribution in [1.29, 1.82) is 0 Å². The molecule has 2 nitrogen and oxygen atoms in total. The van der Waals surface area contributed by atoms with Gasteiger partial charge in [0.05, 0.1) is 9.92 Å². The van der Waals surface area contributed by atoms with E-state index in [1.807, 2.05) is 0 Å². The third kappa shape index (κ3) is 1.50. The Morgan fingerprint density at radius 2 is 2.33 bits per heavy atom. The fourth-order valence-electron chi connectivity index (χ4n) is 0.450. The van der Waals surface area contributed by atoms with Gasteiger partial charge in [-0.1, -0.05) is 11.6 Å². The highest BCUT2D eigenvalue weighted by molar-refractivity contribution is 7.80. The van der Waals surface area contributed by atoms with Crippen molar-refractivity contribution in [3.05, 3.63) is 28.7 Å². The summed E-state index contributed by atoms with van der Waals surface area (Å²) in [5.74, 6) is 0. The molecule has 0 saturated carbocycles. The Balaban J connectivity index is 3.17. The Hall–Kier alpha value is -0.410. The van der Waals surface area contributed by atoms with Crippen molar-refractivity contribution in [3.8, 4) is 0 Å². The molecule has 0 aliphatic rings. The van der Waals surface area contributed by atoms with Crippen LogP contribution in [-0.4, -0.2) is 0 Å². The molecule has 4 heteroatoms. The normalized spacial score (nSPS) is 9.56. The maximum absolute atomic E-state index is 10.5. The second kappa shape index (κ2) is 2.45. The van der Waals surface area contributed by atoms with Gasteiger partial charge in [0.15, 0.2) is 12.4 Å². The van der Waals surface area contributed by atoms with Gasteiger partial charge in [-0.05, 0) is 0 Å². The number of rotatable bonds is 0. The van der Waals surface area contributed by atoms with Crippen molar-refractivity contribution in [2.45, 2.75) is 4.90 Å². The first-order valence-corrected chi connectivity index (χ1v) is 3.10. The molecule has 0 radical (unpaired) electrons. The van der Waals surface area contributed by atoms with Crippen LogP contribution in [0.1, 0.15) is 0 Å². The van der Waals surface area contributed by atoms with Crippen molar-refractivity contribution in [3.63, 3.8) is 0 Å². The monoisotopic (exact) mass is 161 g/mol. The van der Waals surface area contributed by atoms with Crippen LogP contribution in [0.25, 0.3) is 0 Å². The number of hydrogen-bond donors (Lipinski definition) is 1. The van der Waals surface area contributed by atoms with Gasteiger partial charge in [0, 0.05) is 6.07 Å². The van der Waals surface area contributed by atoms with E-state index >= 15 is 0 Å². The predicted octanol–water partition coefficient (Wildman–Crippen LogP) is 1.26. The van der Waals surface area contributed by atoms with Crippen LogP contribution in [0, 0.1) is 5.21 Å². The van der Waals surface area contributed by atoms with Gasteiger partial charge in [0.2, 0.25) is 0 Å². The third-order valence-electron chi connectivity index (χ3n) is 0.862. The molecular weight excluding hydrogens is 158 g/mol. The lowest BCUT2D eigenvalue weighted by Gasteiger charge is -1.95. The van der Waals surface area contributed by atoms with Gasteiger partial charge in [0.1, 0.15) is 0 Å². The fourth-order valence-corrected chi connectivity index (χ4v) is 0.743. The van der Waals surface area contributed by atoms with E-state index in [-0.39, 0.29) is 0 Å². The Bertz CT molecular complexity index is 228. The maximum Gasteiger partial charge on any atom is 0.195 e. The molecule has 0 aromatic carbocycles. The zero-order valence-electron chi connectivity index (χ0n) is 4.41. The number of nitrogens with zero attached hydrogens (tertiary/aromatic N) is 1. The molecule has 0 bridgehead atoms. The lowest BCUT2D eigenvalue weighted by Crippen LogP contribution is -2.23. The minimum Gasteiger partial charge on any atom is -0.619 e. The van der Waals surface area contributed by atoms with Gasteiger partial charge in [-0.25, -0.2) is 0 Å². The smallest absolute Gasteiger partial charge is 0.195 e. The van der Waals surface area contributed by atoms with Crippen LogP contribution in [-0.2, 0) is 0 Å². The molecule has 1 aromatic heterocycles. The molecule has 0 amide bonds. The first kappa shape index (κ1) is 6.71. The summed E-state index contributed by atoms with van der Waals surface area (Å²) in [5, 5.41) is 10.9. The van der Waals surface area contributed by atoms with E-state index < -0.39 is 0 Å². The van der Waals surface area contributed by atoms with E-state index in [0.29, 0.717) is 14.6 Å². The minimum atomic E-state index is 0.491. The molecule has 0 atom stereocenters. The van der Waals surface area contributed by atoms with Crippen LogP contribution >= 0.6 is 24.2 Å². The molecule has 0 aliphatic carbocycles. The maximum atomic E-state index is 10.5. The number of pyridine rings is 1. The van der Waals surface area contributed by atoms with E-state index in [2.05, 4.69) is 12.6 Å². The highest BCUT2D eigenvalue weighted by Crippen LogP contribution is 2.15. The molecule has 1 rings (SSSR count). The van der Waals surface area contributed by atoms with E-state index in [1.54, 1.807) is 0 Å². The molecule has 1 heterocycles. The summed E-state index contributed by atoms with van der Waals surface area (Å²) in [5.41, 5.74) is 0. The zero-order chi connectivity index (χ0) is 6.85. The number of thiol groups is 1. The van der Waals surface area contributed by atoms with E-state index in [0.717, 1.165) is 0 Å². The highest BCUT2D eigenvalue weighted by atomic mass is 35.5. The average Bonchev–Trinajstić information content (AvgIpc) is 1.80. The Morgan fingerprint density at radius 3 is 2.78 bits per heavy atom. The van der Waals surface area contributed by atoms with Crippen LogP contribution in [0.2, 0.25) is 5.02 Å². The summed E-state index contributed by atoms with van der Waals surface area (Å²) in [4.78, 5) is 0.495. The van der Waals surface area contributed by atoms with Crippen molar-refractivity contribution in [2.75, 3.05) is 0 Å². The molecule has 0 fully saturated rings. The third-order valence-corrected chi connectivity index (χ3v) is 1.68. The van der Waals surface area contributed by atoms with Gasteiger partial charge >= 0.3 is 0 Å². The van der Waals surface area contributed by atoms with Gasteiger partial charge in [-0.15, -0.1) is 12.6 Å². The van der Waals surface area contributed by atoms with Crippen molar-refractivity contribution in [1.82, 2.24) is 0 Å². The minimum absolute atomic E-state index is 0.491. The van der Waals surface area contributed by atoms with Gasteiger partial charge < -0.3 is 5.21 Å². The second-order valence-corrected chi connectivity index (χ2v) is 2.43. The van der Waals surface area contributed by atoms with Crippen LogP contribution < -0.4 is 4.73 Å². The molecule has 1 aromatic rings. The highest BCUT2D eigenvalue weighted by Gasteiger charge is 1.97. The molecule has 0 spiro atoms. The number of aromatic nitrogens is 1. The predicted molar refractivity (Wildman–Crippen MR) is 37.7 cm³/mol. The topological polar surface area (TPSA) is 26.9 Å². The van der Waals surface area contributed by atoms with Crippen LogP contribution in [0.5, 0.6) is 0 Å². The van der Waals surface area contributed by atoms with E-state index in [4.69, 9.17) is 11.6 Å². The molecular formula is C5H4ClNOS. The molecule has 0 saturated heterocycles. The quantitative estimate of drug-likeness (QED) is 0.346. The van der Waals surface area contributed by atoms with Crippen molar-refractivity contribution in [2.24, 2.45) is 0 Å². The summed E-state index contributed by atoms with van der Waals surface area (Å²) >= 11 is 9.47. The Labute approximate surface area is 63.1 Å². The van der Waals surface area contributed by atoms with E-state index in [9.17, 15) is 5.21 Å². The largest absolute Gasteiger partial charge is 0.619 e. The lowest BCUT2D eigenvalue weighted by atomic mass is 10.5. The molecule has 0 aliphatic heterocycles. The fraction of sp³-hybridized carbons (Fsp3) is 0. The average molecular weight is 162 g/mol. The van der Waals surface area contributed by atoms with Crippen molar-refractivity contribution >= 4 is 24.2 Å².